The first kappa shape index (κ1) is 21.1. The van der Waals surface area contributed by atoms with Crippen LogP contribution in [-0.2, 0) is 17.7 Å². The van der Waals surface area contributed by atoms with Gasteiger partial charge < -0.3 is 14.6 Å². The lowest BCUT2D eigenvalue weighted by Crippen LogP contribution is -2.37. The molecule has 168 valence electrons. The van der Waals surface area contributed by atoms with Gasteiger partial charge in [-0.1, -0.05) is 36.4 Å². The summed E-state index contributed by atoms with van der Waals surface area (Å²) in [7, 11) is 0. The van der Waals surface area contributed by atoms with Crippen LogP contribution in [0.5, 0.6) is 0 Å². The van der Waals surface area contributed by atoms with Crippen molar-refractivity contribution < 1.29 is 9.53 Å². The number of nitrogens with one attached hydrogen (secondary N) is 2. The maximum absolute atomic E-state index is 13.2. The Morgan fingerprint density at radius 1 is 1.18 bits per heavy atom. The molecule has 1 amide bonds. The number of hydrogen-bond acceptors (Lipinski definition) is 5. The molecule has 0 spiro atoms. The third-order valence-electron chi connectivity index (χ3n) is 6.02. The van der Waals surface area contributed by atoms with E-state index in [1.54, 1.807) is 22.9 Å². The van der Waals surface area contributed by atoms with Gasteiger partial charge in [0.05, 0.1) is 23.6 Å². The van der Waals surface area contributed by atoms with Crippen molar-refractivity contribution in [1.29, 1.82) is 5.41 Å². The van der Waals surface area contributed by atoms with E-state index in [1.165, 1.54) is 10.5 Å². The van der Waals surface area contributed by atoms with Crippen LogP contribution < -0.4 is 16.4 Å². The molecule has 3 aromatic heterocycles. The summed E-state index contributed by atoms with van der Waals surface area (Å²) >= 11 is 0. The van der Waals surface area contributed by atoms with Gasteiger partial charge in [0.15, 0.2) is 0 Å². The van der Waals surface area contributed by atoms with E-state index >= 15 is 0 Å². The van der Waals surface area contributed by atoms with E-state index in [1.807, 2.05) is 36.4 Å². The van der Waals surface area contributed by atoms with Crippen LogP contribution in [0, 0.1) is 5.41 Å². The van der Waals surface area contributed by atoms with Crippen LogP contribution in [0.3, 0.4) is 0 Å². The molecule has 0 saturated carbocycles. The van der Waals surface area contributed by atoms with Crippen LogP contribution in [0.25, 0.3) is 16.7 Å². The van der Waals surface area contributed by atoms with Crippen LogP contribution in [0.15, 0.2) is 65.6 Å². The van der Waals surface area contributed by atoms with Crippen molar-refractivity contribution in [1.82, 2.24) is 19.3 Å². The quantitative estimate of drug-likeness (QED) is 0.447. The highest BCUT2D eigenvalue weighted by atomic mass is 16.5. The predicted octanol–water partition coefficient (Wildman–Crippen LogP) is 2.28. The molecule has 1 aromatic carbocycles. The standard InChI is InChI=1S/C25H25N5O3/c26-22-19(24(31)27-12-11-17-7-2-1-3-8-17)15-20-23(30(22)16-18-9-6-14-33-18)28-21-10-4-5-13-29(21)25(20)32/h1-5,7-8,10,13,15,18,26H,6,9,11-12,14,16H2,(H,27,31)/t18-/m1/s1. The summed E-state index contributed by atoms with van der Waals surface area (Å²) in [5.41, 5.74) is 1.92. The minimum Gasteiger partial charge on any atom is -0.376 e. The molecule has 1 saturated heterocycles. The zero-order valence-electron chi connectivity index (χ0n) is 18.2. The van der Waals surface area contributed by atoms with E-state index in [9.17, 15) is 9.59 Å². The molecule has 0 unspecified atom stereocenters. The van der Waals surface area contributed by atoms with E-state index in [4.69, 9.17) is 10.1 Å². The normalized spacial score (nSPS) is 15.8. The predicted molar refractivity (Wildman–Crippen MR) is 124 cm³/mol. The molecule has 0 aliphatic carbocycles. The highest BCUT2D eigenvalue weighted by Crippen LogP contribution is 2.16. The molecule has 8 heteroatoms. The zero-order valence-corrected chi connectivity index (χ0v) is 18.2. The zero-order chi connectivity index (χ0) is 22.8. The van der Waals surface area contributed by atoms with E-state index in [0.717, 1.165) is 18.4 Å². The van der Waals surface area contributed by atoms with Crippen molar-refractivity contribution in [2.24, 2.45) is 0 Å². The molecule has 0 bridgehead atoms. The number of aromatic nitrogens is 3. The minimum absolute atomic E-state index is 0.0300. The second-order valence-electron chi connectivity index (χ2n) is 8.23. The maximum Gasteiger partial charge on any atom is 0.267 e. The fourth-order valence-electron chi connectivity index (χ4n) is 4.29. The molecular weight excluding hydrogens is 418 g/mol. The Kier molecular flexibility index (Phi) is 5.75. The van der Waals surface area contributed by atoms with Gasteiger partial charge in [0.25, 0.3) is 11.5 Å². The monoisotopic (exact) mass is 443 g/mol. The van der Waals surface area contributed by atoms with Gasteiger partial charge in [-0.2, -0.15) is 0 Å². The number of pyridine rings is 2. The Balaban J connectivity index is 1.56. The van der Waals surface area contributed by atoms with Gasteiger partial charge >= 0.3 is 0 Å². The van der Waals surface area contributed by atoms with Crippen molar-refractivity contribution in [2.75, 3.05) is 13.2 Å². The first-order valence-electron chi connectivity index (χ1n) is 11.1. The maximum atomic E-state index is 13.2. The number of ether oxygens (including phenoxy) is 1. The van der Waals surface area contributed by atoms with Crippen molar-refractivity contribution in [3.63, 3.8) is 0 Å². The summed E-state index contributed by atoms with van der Waals surface area (Å²) in [5, 5.41) is 12.0. The Bertz CT molecular complexity index is 1440. The first-order valence-corrected chi connectivity index (χ1v) is 11.1. The number of benzene rings is 1. The molecule has 1 aliphatic rings. The van der Waals surface area contributed by atoms with Crippen molar-refractivity contribution in [3.8, 4) is 0 Å². The van der Waals surface area contributed by atoms with Crippen molar-refractivity contribution >= 4 is 22.6 Å². The number of fused-ring (bicyclic) bond motifs is 2. The Morgan fingerprint density at radius 2 is 2.00 bits per heavy atom. The van der Waals surface area contributed by atoms with Gasteiger partial charge in [-0.3, -0.25) is 19.4 Å². The average molecular weight is 444 g/mol. The van der Waals surface area contributed by atoms with E-state index in [0.29, 0.717) is 42.8 Å². The van der Waals surface area contributed by atoms with Gasteiger partial charge in [-0.15, -0.1) is 0 Å². The molecule has 8 nitrogen and oxygen atoms in total. The van der Waals surface area contributed by atoms with Gasteiger partial charge in [0, 0.05) is 19.3 Å². The highest BCUT2D eigenvalue weighted by molar-refractivity contribution is 5.96. The molecule has 1 aliphatic heterocycles. The second kappa shape index (κ2) is 8.99. The fourth-order valence-corrected chi connectivity index (χ4v) is 4.29. The van der Waals surface area contributed by atoms with Crippen LogP contribution in [0.1, 0.15) is 28.8 Å². The van der Waals surface area contributed by atoms with Crippen LogP contribution >= 0.6 is 0 Å². The summed E-state index contributed by atoms with van der Waals surface area (Å²) in [6, 6.07) is 16.7. The van der Waals surface area contributed by atoms with Crippen molar-refractivity contribution in [3.05, 3.63) is 87.8 Å². The first-order chi connectivity index (χ1) is 16.1. The summed E-state index contributed by atoms with van der Waals surface area (Å²) in [4.78, 5) is 31.0. The summed E-state index contributed by atoms with van der Waals surface area (Å²) in [6.45, 7) is 1.48. The molecule has 0 radical (unpaired) electrons. The van der Waals surface area contributed by atoms with E-state index in [-0.39, 0.29) is 28.6 Å². The molecule has 5 rings (SSSR count). The number of carbonyl (C=O) groups excluding carboxylic acids is 1. The number of amides is 1. The van der Waals surface area contributed by atoms with Gasteiger partial charge in [-0.05, 0) is 43.0 Å². The average Bonchev–Trinajstić information content (AvgIpc) is 3.35. The lowest BCUT2D eigenvalue weighted by molar-refractivity contribution is 0.0933. The van der Waals surface area contributed by atoms with Crippen LogP contribution in [-0.4, -0.2) is 39.1 Å². The largest absolute Gasteiger partial charge is 0.376 e. The molecule has 4 heterocycles. The van der Waals surface area contributed by atoms with Gasteiger partial charge in [0.1, 0.15) is 16.8 Å². The lowest BCUT2D eigenvalue weighted by Gasteiger charge is -2.17. The lowest BCUT2D eigenvalue weighted by atomic mass is 10.1. The molecule has 33 heavy (non-hydrogen) atoms. The number of carbonyl (C=O) groups is 1. The van der Waals surface area contributed by atoms with E-state index in [2.05, 4.69) is 10.3 Å². The molecule has 1 fully saturated rings. The number of rotatable bonds is 6. The molecule has 1 atom stereocenters. The van der Waals surface area contributed by atoms with Crippen LogP contribution in [0.2, 0.25) is 0 Å². The molecule has 2 N–H and O–H groups in total. The minimum atomic E-state index is -0.378. The van der Waals surface area contributed by atoms with E-state index < -0.39 is 0 Å². The smallest absolute Gasteiger partial charge is 0.267 e. The molecule has 4 aromatic rings. The number of hydrogen-bond donors (Lipinski definition) is 2. The number of nitrogens with zero attached hydrogens (tertiary/aromatic N) is 3. The van der Waals surface area contributed by atoms with Gasteiger partial charge in [0.2, 0.25) is 0 Å². The third kappa shape index (κ3) is 4.17. The summed E-state index contributed by atoms with van der Waals surface area (Å²) < 4.78 is 8.88. The topological polar surface area (TPSA) is 101 Å². The highest BCUT2D eigenvalue weighted by Gasteiger charge is 2.22. The summed E-state index contributed by atoms with van der Waals surface area (Å²) in [5.74, 6) is -0.378. The summed E-state index contributed by atoms with van der Waals surface area (Å²) in [6.07, 6.45) is 4.08. The van der Waals surface area contributed by atoms with Gasteiger partial charge in [-0.25, -0.2) is 4.98 Å². The Labute approximate surface area is 190 Å². The third-order valence-corrected chi connectivity index (χ3v) is 6.02. The van der Waals surface area contributed by atoms with Crippen LogP contribution in [0.4, 0.5) is 0 Å². The SMILES string of the molecule is N=c1c(C(=O)NCCc2ccccc2)cc2c(=O)n3ccccc3nc2n1C[C@H]1CCCO1. The Morgan fingerprint density at radius 3 is 2.79 bits per heavy atom. The second-order valence-corrected chi connectivity index (χ2v) is 8.23. The Hall–Kier alpha value is -3.78. The fraction of sp³-hybridized carbons (Fsp3) is 0.280. The van der Waals surface area contributed by atoms with Crippen molar-refractivity contribution in [2.45, 2.75) is 31.9 Å². The molecular formula is C25H25N5O3.